The summed E-state index contributed by atoms with van der Waals surface area (Å²) in [5, 5.41) is 6.17. The van der Waals surface area contributed by atoms with Crippen LogP contribution < -0.4 is 31.4 Å². The number of aryl methyl sites for hydroxylation is 1. The van der Waals surface area contributed by atoms with Crippen molar-refractivity contribution >= 4 is 40.0 Å². The van der Waals surface area contributed by atoms with Crippen molar-refractivity contribution in [2.45, 2.75) is 32.9 Å². The van der Waals surface area contributed by atoms with Gasteiger partial charge in [0.15, 0.2) is 11.5 Å². The van der Waals surface area contributed by atoms with E-state index in [2.05, 4.69) is 10.6 Å². The van der Waals surface area contributed by atoms with E-state index in [1.54, 1.807) is 56.7 Å². The number of amides is 2. The monoisotopic (exact) mass is 578 g/mol. The molecule has 0 aliphatic carbocycles. The second kappa shape index (κ2) is 13.2. The van der Waals surface area contributed by atoms with E-state index >= 15 is 0 Å². The first-order chi connectivity index (χ1) is 19.7. The number of carbonyl (C=O) groups is 2. The minimum Gasteiger partial charge on any atom is -0.493 e. The lowest BCUT2D eigenvalue weighted by atomic mass is 10.1. The molecular weight excluding hydrogens is 548 g/mol. The number of hydrogen-bond acceptors (Lipinski definition) is 6. The molecule has 10 nitrogen and oxygen atoms in total. The molecule has 0 aliphatic heterocycles. The summed E-state index contributed by atoms with van der Waals surface area (Å²) < 4.78 is 12.8. The summed E-state index contributed by atoms with van der Waals surface area (Å²) in [5.74, 6) is 0.409. The predicted molar refractivity (Wildman–Crippen MR) is 158 cm³/mol. The zero-order chi connectivity index (χ0) is 29.5. The molecule has 0 spiro atoms. The van der Waals surface area contributed by atoms with Gasteiger partial charge in [-0.1, -0.05) is 35.9 Å². The minimum absolute atomic E-state index is 0.0927. The largest absolute Gasteiger partial charge is 0.493 e. The number of methoxy groups -OCH3 is 2. The van der Waals surface area contributed by atoms with Crippen molar-refractivity contribution in [1.29, 1.82) is 0 Å². The average Bonchev–Trinajstić information content (AvgIpc) is 2.96. The van der Waals surface area contributed by atoms with Gasteiger partial charge in [-0.15, -0.1) is 0 Å². The van der Waals surface area contributed by atoms with Gasteiger partial charge in [0.2, 0.25) is 11.8 Å². The van der Waals surface area contributed by atoms with Crippen molar-refractivity contribution in [1.82, 2.24) is 14.5 Å². The molecule has 0 radical (unpaired) electrons. The second-order valence-corrected chi connectivity index (χ2v) is 9.82. The van der Waals surface area contributed by atoms with Gasteiger partial charge in [0.1, 0.15) is 6.54 Å². The molecule has 4 aromatic rings. The Bertz CT molecular complexity index is 1710. The fraction of sp³-hybridized carbons (Fsp3) is 0.267. The van der Waals surface area contributed by atoms with Crippen molar-refractivity contribution in [2.24, 2.45) is 0 Å². The van der Waals surface area contributed by atoms with Gasteiger partial charge < -0.3 is 20.1 Å². The standard InChI is InChI=1S/C30H31ClN4O6/c1-19-8-10-23(22(31)16-19)33-28(37)18-35-24-7-5-4-6-21(24)29(38)34(30(35)39)15-13-27(36)32-14-12-20-9-11-25(40-2)26(17-20)41-3/h4-11,16-17H,12-15,18H2,1-3H3,(H,32,36)(H,33,37). The van der Waals surface area contributed by atoms with E-state index in [0.29, 0.717) is 40.7 Å². The Morgan fingerprint density at radius 1 is 0.902 bits per heavy atom. The highest BCUT2D eigenvalue weighted by molar-refractivity contribution is 6.33. The fourth-order valence-corrected chi connectivity index (χ4v) is 4.74. The normalized spacial score (nSPS) is 10.8. The van der Waals surface area contributed by atoms with E-state index < -0.39 is 17.2 Å². The van der Waals surface area contributed by atoms with Crippen LogP contribution in [0.2, 0.25) is 5.02 Å². The molecule has 2 N–H and O–H groups in total. The predicted octanol–water partition coefficient (Wildman–Crippen LogP) is 3.53. The molecule has 0 atom stereocenters. The molecule has 4 rings (SSSR count). The number of rotatable bonds is 11. The lowest BCUT2D eigenvalue weighted by molar-refractivity contribution is -0.121. The summed E-state index contributed by atoms with van der Waals surface area (Å²) in [6, 6.07) is 17.3. The number of anilines is 1. The summed E-state index contributed by atoms with van der Waals surface area (Å²) in [7, 11) is 3.11. The maximum atomic E-state index is 13.4. The van der Waals surface area contributed by atoms with Crippen molar-refractivity contribution in [3.05, 3.63) is 97.7 Å². The van der Waals surface area contributed by atoms with Gasteiger partial charge >= 0.3 is 5.69 Å². The molecule has 0 aliphatic rings. The van der Waals surface area contributed by atoms with Crippen molar-refractivity contribution in [3.8, 4) is 11.5 Å². The molecule has 1 heterocycles. The van der Waals surface area contributed by atoms with Gasteiger partial charge in [-0.05, 0) is 60.9 Å². The number of hydrogen-bond donors (Lipinski definition) is 2. The summed E-state index contributed by atoms with van der Waals surface area (Å²) in [4.78, 5) is 52.0. The molecule has 0 unspecified atom stereocenters. The van der Waals surface area contributed by atoms with Crippen LogP contribution in [0.15, 0.2) is 70.3 Å². The minimum atomic E-state index is -0.683. The Labute approximate surface area is 241 Å². The highest BCUT2D eigenvalue weighted by Crippen LogP contribution is 2.27. The quantitative estimate of drug-likeness (QED) is 0.281. The SMILES string of the molecule is COc1ccc(CCNC(=O)CCn2c(=O)c3ccccc3n(CC(=O)Nc3ccc(C)cc3Cl)c2=O)cc1OC. The molecule has 41 heavy (non-hydrogen) atoms. The van der Waals surface area contributed by atoms with E-state index in [9.17, 15) is 19.2 Å². The van der Waals surface area contributed by atoms with Crippen molar-refractivity contribution in [3.63, 3.8) is 0 Å². The number of halogens is 1. The van der Waals surface area contributed by atoms with Crippen LogP contribution in [0.3, 0.4) is 0 Å². The molecule has 214 valence electrons. The highest BCUT2D eigenvalue weighted by atomic mass is 35.5. The summed E-state index contributed by atoms with van der Waals surface area (Å²) in [6.07, 6.45) is 0.458. The Hall–Kier alpha value is -4.57. The van der Waals surface area contributed by atoms with Gasteiger partial charge in [-0.2, -0.15) is 0 Å². The fourth-order valence-electron chi connectivity index (χ4n) is 4.46. The topological polar surface area (TPSA) is 121 Å². The van der Waals surface area contributed by atoms with E-state index in [-0.39, 0.29) is 30.8 Å². The zero-order valence-electron chi connectivity index (χ0n) is 23.0. The Morgan fingerprint density at radius 2 is 1.66 bits per heavy atom. The van der Waals surface area contributed by atoms with Crippen LogP contribution in [0.5, 0.6) is 11.5 Å². The van der Waals surface area contributed by atoms with Crippen LogP contribution in [0, 0.1) is 6.92 Å². The first-order valence-corrected chi connectivity index (χ1v) is 13.4. The number of ether oxygens (including phenoxy) is 2. The van der Waals surface area contributed by atoms with Gasteiger partial charge in [0.25, 0.3) is 5.56 Å². The first kappa shape index (κ1) is 29.4. The zero-order valence-corrected chi connectivity index (χ0v) is 23.8. The summed E-state index contributed by atoms with van der Waals surface area (Å²) in [6.45, 7) is 1.75. The molecule has 0 bridgehead atoms. The van der Waals surface area contributed by atoms with Gasteiger partial charge in [-0.25, -0.2) is 4.79 Å². The lowest BCUT2D eigenvalue weighted by Crippen LogP contribution is -2.42. The number of aromatic nitrogens is 2. The molecule has 3 aromatic carbocycles. The van der Waals surface area contributed by atoms with Crippen LogP contribution >= 0.6 is 11.6 Å². The van der Waals surface area contributed by atoms with Crippen LogP contribution in [-0.2, 0) is 29.1 Å². The van der Waals surface area contributed by atoms with Crippen LogP contribution in [-0.4, -0.2) is 41.7 Å². The van der Waals surface area contributed by atoms with Crippen LogP contribution in [0.25, 0.3) is 10.9 Å². The number of carbonyl (C=O) groups excluding carboxylic acids is 2. The van der Waals surface area contributed by atoms with E-state index in [1.807, 2.05) is 25.1 Å². The first-order valence-electron chi connectivity index (χ1n) is 13.0. The van der Waals surface area contributed by atoms with E-state index in [0.717, 1.165) is 15.7 Å². The maximum Gasteiger partial charge on any atom is 0.331 e. The Kier molecular flexibility index (Phi) is 9.46. The molecule has 11 heteroatoms. The molecule has 0 saturated heterocycles. The lowest BCUT2D eigenvalue weighted by Gasteiger charge is -2.15. The number of nitrogens with zero attached hydrogens (tertiary/aromatic N) is 2. The second-order valence-electron chi connectivity index (χ2n) is 9.41. The van der Waals surface area contributed by atoms with Gasteiger partial charge in [-0.3, -0.25) is 23.5 Å². The third-order valence-corrected chi connectivity index (χ3v) is 6.89. The third-order valence-electron chi connectivity index (χ3n) is 6.58. The van der Waals surface area contributed by atoms with E-state index in [1.165, 1.54) is 4.57 Å². The Balaban J connectivity index is 1.46. The van der Waals surface area contributed by atoms with E-state index in [4.69, 9.17) is 21.1 Å². The van der Waals surface area contributed by atoms with Gasteiger partial charge in [0, 0.05) is 19.5 Å². The van der Waals surface area contributed by atoms with Crippen LogP contribution in [0.1, 0.15) is 17.5 Å². The number of nitrogens with one attached hydrogen (secondary N) is 2. The smallest absolute Gasteiger partial charge is 0.331 e. The molecule has 0 saturated carbocycles. The van der Waals surface area contributed by atoms with Crippen LogP contribution in [0.4, 0.5) is 5.69 Å². The molecule has 1 aromatic heterocycles. The van der Waals surface area contributed by atoms with Gasteiger partial charge in [0.05, 0.1) is 35.8 Å². The molecular formula is C30H31ClN4O6. The third kappa shape index (κ3) is 6.96. The molecule has 0 fully saturated rings. The highest BCUT2D eigenvalue weighted by Gasteiger charge is 2.17. The van der Waals surface area contributed by atoms with Crippen molar-refractivity contribution < 1.29 is 19.1 Å². The average molecular weight is 579 g/mol. The number of fused-ring (bicyclic) bond motifs is 1. The number of para-hydroxylation sites is 1. The summed E-state index contributed by atoms with van der Waals surface area (Å²) in [5.41, 5.74) is 1.41. The Morgan fingerprint density at radius 3 is 2.39 bits per heavy atom. The van der Waals surface area contributed by atoms with Crippen molar-refractivity contribution in [2.75, 3.05) is 26.1 Å². The number of benzene rings is 3. The molecule has 2 amide bonds. The maximum absolute atomic E-state index is 13.4. The summed E-state index contributed by atoms with van der Waals surface area (Å²) >= 11 is 6.24.